The molecule has 2 aliphatic heterocycles. The lowest BCUT2D eigenvalue weighted by atomic mass is 9.87. The van der Waals surface area contributed by atoms with Crippen molar-refractivity contribution in [2.75, 3.05) is 32.1 Å². The van der Waals surface area contributed by atoms with E-state index in [2.05, 4.69) is 11.9 Å². The van der Waals surface area contributed by atoms with Crippen LogP contribution >= 0.6 is 0 Å². The van der Waals surface area contributed by atoms with Crippen LogP contribution in [0.4, 0.5) is 5.82 Å². The lowest BCUT2D eigenvalue weighted by Crippen LogP contribution is -2.41. The maximum Gasteiger partial charge on any atom is 0.254 e. The molecule has 4 N–H and O–H groups in total. The van der Waals surface area contributed by atoms with E-state index in [4.69, 9.17) is 15.6 Å². The van der Waals surface area contributed by atoms with Crippen molar-refractivity contribution in [2.24, 2.45) is 11.7 Å². The fourth-order valence-corrected chi connectivity index (χ4v) is 5.51. The first-order chi connectivity index (χ1) is 16.4. The Morgan fingerprint density at radius 1 is 1.24 bits per heavy atom. The second kappa shape index (κ2) is 8.70. The molecule has 1 aliphatic carbocycles. The molecule has 1 unspecified atom stereocenters. The van der Waals surface area contributed by atoms with Crippen LogP contribution in [0.25, 0.3) is 11.3 Å². The van der Waals surface area contributed by atoms with Crippen LogP contribution in [0.3, 0.4) is 0 Å². The molecule has 1 aromatic heterocycles. The first-order valence-corrected chi connectivity index (χ1v) is 11.9. The zero-order chi connectivity index (χ0) is 24.0. The normalized spacial score (nSPS) is 20.4. The molecule has 0 radical (unpaired) electrons. The third-order valence-corrected chi connectivity index (χ3v) is 7.37. The third-order valence-electron chi connectivity index (χ3n) is 7.37. The Kier molecular flexibility index (Phi) is 5.71. The number of hydrogen-bond donors (Lipinski definition) is 3. The van der Waals surface area contributed by atoms with Crippen molar-refractivity contribution in [3.63, 3.8) is 0 Å². The third kappa shape index (κ3) is 3.78. The van der Waals surface area contributed by atoms with E-state index < -0.39 is 5.91 Å². The molecule has 180 valence electrons. The molecule has 1 atom stereocenters. The van der Waals surface area contributed by atoms with Crippen molar-refractivity contribution in [3.05, 3.63) is 35.9 Å². The summed E-state index contributed by atoms with van der Waals surface area (Å²) in [5, 5.41) is 19.0. The number of fused-ring (bicyclic) bond motifs is 1. The molecule has 1 saturated carbocycles. The first kappa shape index (κ1) is 22.3. The van der Waals surface area contributed by atoms with Crippen molar-refractivity contribution in [1.82, 2.24) is 14.7 Å². The Hall–Kier alpha value is -3.49. The molecule has 2 fully saturated rings. The Balaban J connectivity index is 1.51. The molecule has 9 heteroatoms. The number of phenols is 1. The SMILES string of the molecule is C=CC(=O)N1CCC(C2CCNc3c(C(N)=O)c(-c4cc(O)c(C5CC5)c(OC)c4)nn32)CC1. The number of anilines is 1. The van der Waals surface area contributed by atoms with E-state index in [1.54, 1.807) is 13.2 Å². The number of hydrogen-bond acceptors (Lipinski definition) is 6. The smallest absolute Gasteiger partial charge is 0.254 e. The van der Waals surface area contributed by atoms with Crippen molar-refractivity contribution >= 4 is 17.6 Å². The summed E-state index contributed by atoms with van der Waals surface area (Å²) in [5.41, 5.74) is 8.00. The number of piperidine rings is 1. The second-order valence-electron chi connectivity index (χ2n) is 9.42. The van der Waals surface area contributed by atoms with E-state index in [0.29, 0.717) is 59.9 Å². The van der Waals surface area contributed by atoms with Crippen molar-refractivity contribution in [3.8, 4) is 22.8 Å². The summed E-state index contributed by atoms with van der Waals surface area (Å²) in [6.45, 7) is 5.65. The number of rotatable bonds is 6. The van der Waals surface area contributed by atoms with E-state index in [0.717, 1.165) is 37.7 Å². The predicted molar refractivity (Wildman–Crippen MR) is 128 cm³/mol. The minimum Gasteiger partial charge on any atom is -0.507 e. The number of carbonyl (C=O) groups is 2. The molecule has 1 saturated heterocycles. The predicted octanol–water partition coefficient (Wildman–Crippen LogP) is 3.02. The summed E-state index contributed by atoms with van der Waals surface area (Å²) < 4.78 is 7.48. The molecule has 34 heavy (non-hydrogen) atoms. The number of phenolic OH excluding ortho intramolecular Hbond substituents is 1. The highest BCUT2D eigenvalue weighted by atomic mass is 16.5. The maximum atomic E-state index is 12.6. The molecule has 2 aromatic rings. The topological polar surface area (TPSA) is 123 Å². The van der Waals surface area contributed by atoms with Gasteiger partial charge in [0.2, 0.25) is 5.91 Å². The van der Waals surface area contributed by atoms with Gasteiger partial charge in [-0.2, -0.15) is 5.10 Å². The summed E-state index contributed by atoms with van der Waals surface area (Å²) in [7, 11) is 1.58. The summed E-state index contributed by atoms with van der Waals surface area (Å²) >= 11 is 0. The van der Waals surface area contributed by atoms with Gasteiger partial charge in [0.15, 0.2) is 0 Å². The Labute approximate surface area is 198 Å². The molecule has 9 nitrogen and oxygen atoms in total. The number of nitrogens with zero attached hydrogens (tertiary/aromatic N) is 3. The quantitative estimate of drug-likeness (QED) is 0.564. The van der Waals surface area contributed by atoms with E-state index in [1.807, 2.05) is 15.6 Å². The van der Waals surface area contributed by atoms with Crippen LogP contribution in [0.1, 0.15) is 60.0 Å². The number of aromatic hydroxyl groups is 1. The van der Waals surface area contributed by atoms with Gasteiger partial charge in [0.25, 0.3) is 5.91 Å². The summed E-state index contributed by atoms with van der Waals surface area (Å²) in [4.78, 5) is 26.4. The fourth-order valence-electron chi connectivity index (χ4n) is 5.51. The average molecular weight is 466 g/mol. The lowest BCUT2D eigenvalue weighted by Gasteiger charge is -2.38. The second-order valence-corrected chi connectivity index (χ2v) is 9.42. The summed E-state index contributed by atoms with van der Waals surface area (Å²) in [6, 6.07) is 3.58. The lowest BCUT2D eigenvalue weighted by molar-refractivity contribution is -0.127. The van der Waals surface area contributed by atoms with Gasteiger partial charge in [-0.05, 0) is 62.1 Å². The van der Waals surface area contributed by atoms with Gasteiger partial charge in [-0.1, -0.05) is 6.58 Å². The van der Waals surface area contributed by atoms with Crippen molar-refractivity contribution in [2.45, 2.75) is 44.1 Å². The largest absolute Gasteiger partial charge is 0.507 e. The van der Waals surface area contributed by atoms with Gasteiger partial charge in [-0.3, -0.25) is 9.59 Å². The number of methoxy groups -OCH3 is 1. The Bertz CT molecular complexity index is 1140. The van der Waals surface area contributed by atoms with E-state index >= 15 is 0 Å². The van der Waals surface area contributed by atoms with Crippen LogP contribution in [0.15, 0.2) is 24.8 Å². The van der Waals surface area contributed by atoms with E-state index in [9.17, 15) is 14.7 Å². The molecule has 3 aliphatic rings. The Morgan fingerprint density at radius 3 is 2.59 bits per heavy atom. The van der Waals surface area contributed by atoms with Crippen LogP contribution in [0.5, 0.6) is 11.5 Å². The van der Waals surface area contributed by atoms with E-state index in [-0.39, 0.29) is 17.7 Å². The number of amides is 2. The number of likely N-dealkylation sites (tertiary alicyclic amines) is 1. The summed E-state index contributed by atoms with van der Waals surface area (Å²) in [5.74, 6) is 1.39. The highest BCUT2D eigenvalue weighted by molar-refractivity contribution is 6.04. The standard InChI is InChI=1S/C25H31N5O4/c1-3-20(32)29-10-7-14(8-11-29)17-6-9-27-25-22(24(26)33)23(28-30(17)25)16-12-18(31)21(15-4-5-15)19(13-16)34-2/h3,12-15,17,27,31H,1,4-11H2,2H3,(H2,26,33). The van der Waals surface area contributed by atoms with Crippen LogP contribution < -0.4 is 15.8 Å². The molecule has 0 bridgehead atoms. The number of benzene rings is 1. The molecular formula is C25H31N5O4. The molecule has 1 aromatic carbocycles. The minimum absolute atomic E-state index is 0.0368. The van der Waals surface area contributed by atoms with Crippen LogP contribution in [-0.4, -0.2) is 58.3 Å². The molecule has 5 rings (SSSR count). The number of nitrogens with one attached hydrogen (secondary N) is 1. The van der Waals surface area contributed by atoms with Crippen LogP contribution in [0.2, 0.25) is 0 Å². The Morgan fingerprint density at radius 2 is 1.97 bits per heavy atom. The highest BCUT2D eigenvalue weighted by Crippen LogP contribution is 2.50. The van der Waals surface area contributed by atoms with E-state index in [1.165, 1.54) is 6.08 Å². The number of ether oxygens (including phenoxy) is 1. The van der Waals surface area contributed by atoms with Gasteiger partial charge in [-0.15, -0.1) is 0 Å². The zero-order valence-electron chi connectivity index (χ0n) is 19.4. The van der Waals surface area contributed by atoms with Gasteiger partial charge in [0.05, 0.1) is 13.2 Å². The average Bonchev–Trinajstić information content (AvgIpc) is 3.60. The van der Waals surface area contributed by atoms with Crippen LogP contribution in [0, 0.1) is 5.92 Å². The minimum atomic E-state index is -0.569. The number of aromatic nitrogens is 2. The monoisotopic (exact) mass is 465 g/mol. The summed E-state index contributed by atoms with van der Waals surface area (Å²) in [6.07, 6.45) is 5.99. The molecular weight excluding hydrogens is 434 g/mol. The van der Waals surface area contributed by atoms with Crippen molar-refractivity contribution < 1.29 is 19.4 Å². The fraction of sp³-hybridized carbons (Fsp3) is 0.480. The van der Waals surface area contributed by atoms with Crippen molar-refractivity contribution in [1.29, 1.82) is 0 Å². The number of carbonyl (C=O) groups excluding carboxylic acids is 2. The van der Waals surface area contributed by atoms with Gasteiger partial charge < -0.3 is 25.8 Å². The molecule has 2 amide bonds. The maximum absolute atomic E-state index is 12.6. The van der Waals surface area contributed by atoms with Crippen LogP contribution in [-0.2, 0) is 4.79 Å². The first-order valence-electron chi connectivity index (χ1n) is 11.9. The highest BCUT2D eigenvalue weighted by Gasteiger charge is 2.36. The molecule has 0 spiro atoms. The number of primary amides is 1. The van der Waals surface area contributed by atoms with Gasteiger partial charge in [0, 0.05) is 30.8 Å². The van der Waals surface area contributed by atoms with Gasteiger partial charge >= 0.3 is 0 Å². The van der Waals surface area contributed by atoms with Gasteiger partial charge in [0.1, 0.15) is 28.6 Å². The molecule has 3 heterocycles. The number of nitrogens with two attached hydrogens (primary N) is 1. The zero-order valence-corrected chi connectivity index (χ0v) is 19.4. The van der Waals surface area contributed by atoms with Gasteiger partial charge in [-0.25, -0.2) is 4.68 Å².